The van der Waals surface area contributed by atoms with E-state index < -0.39 is 9.84 Å². The summed E-state index contributed by atoms with van der Waals surface area (Å²) in [5.74, 6) is 1.32. The van der Waals surface area contributed by atoms with Crippen LogP contribution in [0.25, 0.3) is 5.65 Å². The number of hydrogen-bond acceptors (Lipinski definition) is 7. The third kappa shape index (κ3) is 4.05. The average Bonchev–Trinajstić information content (AvgIpc) is 3.07. The summed E-state index contributed by atoms with van der Waals surface area (Å²) in [6.07, 6.45) is 6.46. The summed E-state index contributed by atoms with van der Waals surface area (Å²) in [6.45, 7) is 4.45. The largest absolute Gasteiger partial charge is 0.490 e. The molecule has 0 spiro atoms. The second-order valence-electron chi connectivity index (χ2n) is 7.72. The Morgan fingerprint density at radius 2 is 2.00 bits per heavy atom. The number of anilines is 1. The minimum atomic E-state index is -3.57. The second-order valence-corrected chi connectivity index (χ2v) is 9.63. The Labute approximate surface area is 170 Å². The predicted octanol–water partition coefficient (Wildman–Crippen LogP) is 3.19. The van der Waals surface area contributed by atoms with Gasteiger partial charge in [0.05, 0.1) is 12.3 Å². The Kier molecular flexibility index (Phi) is 5.16. The van der Waals surface area contributed by atoms with Crippen LogP contribution in [0.1, 0.15) is 50.2 Å². The van der Waals surface area contributed by atoms with Crippen molar-refractivity contribution in [3.63, 3.8) is 0 Å². The van der Waals surface area contributed by atoms with E-state index >= 15 is 0 Å². The Morgan fingerprint density at radius 3 is 2.66 bits per heavy atom. The molecule has 0 amide bonds. The molecule has 1 fully saturated rings. The lowest BCUT2D eigenvalue weighted by molar-refractivity contribution is 0.119. The van der Waals surface area contributed by atoms with E-state index in [-0.39, 0.29) is 17.2 Å². The lowest BCUT2D eigenvalue weighted by atomic mass is 9.96. The second kappa shape index (κ2) is 7.62. The van der Waals surface area contributed by atoms with Gasteiger partial charge in [-0.3, -0.25) is 0 Å². The number of ether oxygens (including phenoxy) is 1. The lowest BCUT2D eigenvalue weighted by Gasteiger charge is -2.27. The van der Waals surface area contributed by atoms with Gasteiger partial charge in [0.1, 0.15) is 5.75 Å². The van der Waals surface area contributed by atoms with E-state index in [1.807, 2.05) is 38.1 Å². The Hall–Kier alpha value is -2.68. The van der Waals surface area contributed by atoms with Crippen molar-refractivity contribution in [1.82, 2.24) is 19.6 Å². The third-order valence-electron chi connectivity index (χ3n) is 5.08. The van der Waals surface area contributed by atoms with Gasteiger partial charge in [0, 0.05) is 23.9 Å². The van der Waals surface area contributed by atoms with Crippen LogP contribution in [0.5, 0.6) is 5.75 Å². The molecule has 1 aromatic carbocycles. The molecule has 1 saturated carbocycles. The molecule has 0 aliphatic heterocycles. The summed E-state index contributed by atoms with van der Waals surface area (Å²) in [6, 6.07) is 7.84. The van der Waals surface area contributed by atoms with Crippen LogP contribution in [0, 0.1) is 0 Å². The van der Waals surface area contributed by atoms with Crippen LogP contribution in [0.4, 0.5) is 5.95 Å². The summed E-state index contributed by atoms with van der Waals surface area (Å²) in [5, 5.41) is 7.38. The van der Waals surface area contributed by atoms with Crippen molar-refractivity contribution in [1.29, 1.82) is 0 Å². The molecule has 1 N–H and O–H groups in total. The van der Waals surface area contributed by atoms with Crippen molar-refractivity contribution in [3.05, 3.63) is 41.6 Å². The first kappa shape index (κ1) is 19.6. The summed E-state index contributed by atoms with van der Waals surface area (Å²) in [4.78, 5) is 8.48. The molecule has 0 atom stereocenters. The van der Waals surface area contributed by atoms with Gasteiger partial charge in [0.25, 0.3) is 5.16 Å². The van der Waals surface area contributed by atoms with Gasteiger partial charge in [0.2, 0.25) is 15.8 Å². The molecule has 0 bridgehead atoms. The van der Waals surface area contributed by atoms with Gasteiger partial charge < -0.3 is 10.1 Å². The number of para-hydroxylation sites is 1. The number of aromatic nitrogens is 4. The highest BCUT2D eigenvalue weighted by Crippen LogP contribution is 2.28. The van der Waals surface area contributed by atoms with E-state index in [2.05, 4.69) is 20.4 Å². The fourth-order valence-electron chi connectivity index (χ4n) is 3.17. The maximum Gasteiger partial charge on any atom is 0.252 e. The molecule has 0 unspecified atom stereocenters. The fourth-order valence-corrected chi connectivity index (χ4v) is 3.67. The van der Waals surface area contributed by atoms with E-state index in [9.17, 15) is 8.42 Å². The minimum absolute atomic E-state index is 0.152. The van der Waals surface area contributed by atoms with Crippen molar-refractivity contribution in [3.8, 4) is 5.75 Å². The van der Waals surface area contributed by atoms with Gasteiger partial charge >= 0.3 is 0 Å². The molecule has 154 valence electrons. The van der Waals surface area contributed by atoms with Gasteiger partial charge in [-0.15, -0.1) is 0 Å². The normalized spacial score (nSPS) is 14.9. The van der Waals surface area contributed by atoms with Crippen molar-refractivity contribution >= 4 is 21.4 Å². The molecule has 0 saturated heterocycles. The van der Waals surface area contributed by atoms with Crippen LogP contribution in [-0.4, -0.2) is 40.4 Å². The van der Waals surface area contributed by atoms with E-state index in [0.29, 0.717) is 18.1 Å². The van der Waals surface area contributed by atoms with Gasteiger partial charge in [0.15, 0.2) is 5.65 Å². The van der Waals surface area contributed by atoms with Crippen LogP contribution in [-0.2, 0) is 16.4 Å². The van der Waals surface area contributed by atoms with Gasteiger partial charge in [-0.2, -0.15) is 19.6 Å². The molecule has 8 nitrogen and oxygen atoms in total. The zero-order chi connectivity index (χ0) is 20.6. The number of sulfone groups is 1. The Balaban J connectivity index is 1.68. The number of rotatable bonds is 7. The van der Waals surface area contributed by atoms with Crippen LogP contribution < -0.4 is 10.1 Å². The Morgan fingerprint density at radius 1 is 1.24 bits per heavy atom. The van der Waals surface area contributed by atoms with E-state index in [0.717, 1.165) is 36.0 Å². The molecular formula is C20H25N5O3S. The molecule has 9 heteroatoms. The minimum Gasteiger partial charge on any atom is -0.490 e. The van der Waals surface area contributed by atoms with Crippen molar-refractivity contribution in [2.24, 2.45) is 0 Å². The number of nitrogens with zero attached hydrogens (tertiary/aromatic N) is 4. The van der Waals surface area contributed by atoms with Crippen LogP contribution in [0.3, 0.4) is 0 Å². The monoisotopic (exact) mass is 415 g/mol. The first-order valence-electron chi connectivity index (χ1n) is 9.77. The lowest BCUT2D eigenvalue weighted by Crippen LogP contribution is -2.25. The molecule has 4 rings (SSSR count). The van der Waals surface area contributed by atoms with Gasteiger partial charge in [-0.1, -0.05) is 32.0 Å². The third-order valence-corrected chi connectivity index (χ3v) is 5.93. The number of benzene rings is 1. The molecular weight excluding hydrogens is 390 g/mol. The maximum absolute atomic E-state index is 12.1. The summed E-state index contributed by atoms with van der Waals surface area (Å²) in [5.41, 5.74) is 2.34. The fraction of sp³-hybridized carbons (Fsp3) is 0.450. The molecule has 3 aromatic rings. The molecule has 1 aliphatic carbocycles. The first-order valence-corrected chi connectivity index (χ1v) is 11.7. The topological polar surface area (TPSA) is 98.5 Å². The molecule has 2 aromatic heterocycles. The first-order chi connectivity index (χ1) is 13.8. The van der Waals surface area contributed by atoms with E-state index in [1.54, 1.807) is 10.7 Å². The van der Waals surface area contributed by atoms with Gasteiger partial charge in [-0.05, 0) is 31.2 Å². The molecule has 2 heterocycles. The summed E-state index contributed by atoms with van der Waals surface area (Å²) >= 11 is 0. The SMILES string of the molecule is CC(C)c1cnn2c(NCc3ccccc3OC3CCC3)nc(S(C)(=O)=O)nc12. The molecule has 29 heavy (non-hydrogen) atoms. The van der Waals surface area contributed by atoms with Crippen molar-refractivity contribution in [2.45, 2.75) is 56.8 Å². The highest BCUT2D eigenvalue weighted by molar-refractivity contribution is 7.90. The van der Waals surface area contributed by atoms with Crippen molar-refractivity contribution < 1.29 is 13.2 Å². The molecule has 1 aliphatic rings. The number of hydrogen-bond donors (Lipinski definition) is 1. The predicted molar refractivity (Wildman–Crippen MR) is 110 cm³/mol. The zero-order valence-electron chi connectivity index (χ0n) is 16.8. The Bertz CT molecular complexity index is 1140. The highest BCUT2D eigenvalue weighted by atomic mass is 32.2. The highest BCUT2D eigenvalue weighted by Gasteiger charge is 2.22. The zero-order valence-corrected chi connectivity index (χ0v) is 17.6. The molecule has 0 radical (unpaired) electrons. The quantitative estimate of drug-likeness (QED) is 0.633. The number of fused-ring (bicyclic) bond motifs is 1. The van der Waals surface area contributed by atoms with Gasteiger partial charge in [-0.25, -0.2) is 8.42 Å². The smallest absolute Gasteiger partial charge is 0.252 e. The maximum atomic E-state index is 12.1. The summed E-state index contributed by atoms with van der Waals surface area (Å²) in [7, 11) is -3.57. The van der Waals surface area contributed by atoms with E-state index in [4.69, 9.17) is 4.74 Å². The van der Waals surface area contributed by atoms with Crippen LogP contribution in [0.15, 0.2) is 35.6 Å². The summed E-state index contributed by atoms with van der Waals surface area (Å²) < 4.78 is 31.9. The number of nitrogens with one attached hydrogen (secondary N) is 1. The average molecular weight is 416 g/mol. The van der Waals surface area contributed by atoms with Crippen LogP contribution >= 0.6 is 0 Å². The van der Waals surface area contributed by atoms with Crippen LogP contribution in [0.2, 0.25) is 0 Å². The van der Waals surface area contributed by atoms with Crippen molar-refractivity contribution in [2.75, 3.05) is 11.6 Å². The van der Waals surface area contributed by atoms with E-state index in [1.165, 1.54) is 6.42 Å². The standard InChI is InChI=1S/C20H25N5O3S/c1-13(2)16-12-22-25-18(16)23-20(29(3,26)27)24-19(25)21-11-14-7-4-5-10-17(14)28-15-8-6-9-15/h4-5,7,10,12-13,15H,6,8-9,11H2,1-3H3,(H,21,23,24).